The van der Waals surface area contributed by atoms with Gasteiger partial charge >= 0.3 is 6.09 Å². The van der Waals surface area contributed by atoms with Gasteiger partial charge in [-0.05, 0) is 38.3 Å². The summed E-state index contributed by atoms with van der Waals surface area (Å²) in [5, 5.41) is 2.74. The van der Waals surface area contributed by atoms with Gasteiger partial charge in [-0.25, -0.2) is 4.79 Å². The molecule has 3 rings (SSSR count). The molecule has 0 unspecified atom stereocenters. The number of nitrogens with two attached hydrogens (primary N) is 1. The first-order chi connectivity index (χ1) is 11.6. The Bertz CT molecular complexity index is 592. The summed E-state index contributed by atoms with van der Waals surface area (Å²) >= 11 is 0. The van der Waals surface area contributed by atoms with E-state index in [2.05, 4.69) is 12.2 Å². The third kappa shape index (κ3) is 3.38. The van der Waals surface area contributed by atoms with Crippen molar-refractivity contribution >= 4 is 12.0 Å². The Morgan fingerprint density at radius 2 is 2.08 bits per heavy atom. The molecule has 2 saturated heterocycles. The van der Waals surface area contributed by atoms with E-state index in [1.807, 2.05) is 35.2 Å². The number of ether oxygens (including phenoxy) is 1. The molecule has 2 heterocycles. The molecular weight excluding hydrogens is 306 g/mol. The van der Waals surface area contributed by atoms with Crippen molar-refractivity contribution in [1.82, 2.24) is 10.2 Å². The number of carbonyl (C=O) groups excluding carboxylic acids is 2. The summed E-state index contributed by atoms with van der Waals surface area (Å²) in [5.41, 5.74) is 6.76. The normalized spacial score (nSPS) is 29.2. The van der Waals surface area contributed by atoms with E-state index < -0.39 is 12.1 Å². The summed E-state index contributed by atoms with van der Waals surface area (Å²) in [6.07, 6.45) is 2.31. The van der Waals surface area contributed by atoms with Crippen LogP contribution in [0.3, 0.4) is 0 Å². The van der Waals surface area contributed by atoms with Crippen LogP contribution in [0, 0.1) is 5.92 Å². The molecule has 0 aromatic heterocycles. The van der Waals surface area contributed by atoms with Gasteiger partial charge in [-0.2, -0.15) is 0 Å². The van der Waals surface area contributed by atoms with Crippen molar-refractivity contribution in [2.45, 2.75) is 50.9 Å². The molecule has 24 heavy (non-hydrogen) atoms. The second kappa shape index (κ2) is 7.21. The largest absolute Gasteiger partial charge is 0.445 e. The molecule has 2 aliphatic heterocycles. The smallest absolute Gasteiger partial charge is 0.408 e. The Morgan fingerprint density at radius 1 is 1.33 bits per heavy atom. The Morgan fingerprint density at radius 3 is 2.79 bits per heavy atom. The Labute approximate surface area is 142 Å². The first kappa shape index (κ1) is 16.8. The predicted octanol–water partition coefficient (Wildman–Crippen LogP) is 1.64. The van der Waals surface area contributed by atoms with Crippen molar-refractivity contribution < 1.29 is 14.3 Å². The molecule has 130 valence electrons. The van der Waals surface area contributed by atoms with Gasteiger partial charge in [-0.3, -0.25) is 4.79 Å². The van der Waals surface area contributed by atoms with E-state index in [0.717, 1.165) is 24.8 Å². The minimum atomic E-state index is -0.588. The van der Waals surface area contributed by atoms with Crippen LogP contribution >= 0.6 is 0 Å². The maximum absolute atomic E-state index is 12.8. The zero-order valence-corrected chi connectivity index (χ0v) is 14.0. The fraction of sp³-hybridized carbons (Fsp3) is 0.556. The van der Waals surface area contributed by atoms with Crippen LogP contribution in [0.15, 0.2) is 30.3 Å². The number of fused-ring (bicyclic) bond motifs is 1. The molecule has 2 fully saturated rings. The Hall–Kier alpha value is -2.08. The lowest BCUT2D eigenvalue weighted by atomic mass is 9.86. The number of amides is 2. The molecule has 1 aromatic carbocycles. The monoisotopic (exact) mass is 331 g/mol. The average molecular weight is 331 g/mol. The highest BCUT2D eigenvalue weighted by molar-refractivity contribution is 5.87. The molecule has 0 radical (unpaired) electrons. The van der Waals surface area contributed by atoms with E-state index >= 15 is 0 Å². The molecule has 0 bridgehead atoms. The van der Waals surface area contributed by atoms with Crippen molar-refractivity contribution in [1.29, 1.82) is 0 Å². The van der Waals surface area contributed by atoms with Gasteiger partial charge in [0.05, 0.1) is 0 Å². The van der Waals surface area contributed by atoms with Crippen molar-refractivity contribution in [3.63, 3.8) is 0 Å². The standard InChI is InChI=1S/C18H25N3O3/c1-12-7-8-15-9-14(10-19)16(17(22)21(12)15)20-18(23)24-11-13-5-3-2-4-6-13/h2-6,12,14-16H,7-11,19H2,1H3,(H,20,23)/t12-,14-,15-,16+/m1/s1. The van der Waals surface area contributed by atoms with Gasteiger partial charge in [-0.1, -0.05) is 30.3 Å². The maximum Gasteiger partial charge on any atom is 0.408 e. The summed E-state index contributed by atoms with van der Waals surface area (Å²) < 4.78 is 5.25. The highest BCUT2D eigenvalue weighted by Crippen LogP contribution is 2.34. The molecule has 0 aliphatic carbocycles. The van der Waals surface area contributed by atoms with Crippen LogP contribution < -0.4 is 11.1 Å². The van der Waals surface area contributed by atoms with Gasteiger partial charge in [0.15, 0.2) is 0 Å². The molecule has 2 aliphatic rings. The summed E-state index contributed by atoms with van der Waals surface area (Å²) in [6, 6.07) is 9.36. The average Bonchev–Trinajstić information content (AvgIpc) is 2.97. The first-order valence-corrected chi connectivity index (χ1v) is 8.59. The molecule has 6 heteroatoms. The number of alkyl carbamates (subject to hydrolysis) is 1. The SMILES string of the molecule is C[C@@H]1CC[C@@H]2C[C@H](CN)[C@H](NC(=O)OCc3ccccc3)C(=O)N21. The predicted molar refractivity (Wildman–Crippen MR) is 90.0 cm³/mol. The maximum atomic E-state index is 12.8. The Kier molecular flexibility index (Phi) is 5.04. The summed E-state index contributed by atoms with van der Waals surface area (Å²) in [4.78, 5) is 26.8. The molecular formula is C18H25N3O3. The highest BCUT2D eigenvalue weighted by atomic mass is 16.5. The van der Waals surface area contributed by atoms with Crippen molar-refractivity contribution in [2.24, 2.45) is 11.7 Å². The third-order valence-electron chi connectivity index (χ3n) is 5.14. The lowest BCUT2D eigenvalue weighted by Crippen LogP contribution is -2.61. The molecule has 0 spiro atoms. The molecule has 3 N–H and O–H groups in total. The second-order valence-corrected chi connectivity index (χ2v) is 6.74. The van der Waals surface area contributed by atoms with Gasteiger partial charge < -0.3 is 20.7 Å². The minimum Gasteiger partial charge on any atom is -0.445 e. The number of hydrogen-bond acceptors (Lipinski definition) is 4. The van der Waals surface area contributed by atoms with E-state index in [0.29, 0.717) is 6.54 Å². The van der Waals surface area contributed by atoms with Crippen molar-refractivity contribution in [3.05, 3.63) is 35.9 Å². The highest BCUT2D eigenvalue weighted by Gasteiger charge is 2.46. The van der Waals surface area contributed by atoms with Crippen molar-refractivity contribution in [2.75, 3.05) is 6.54 Å². The van der Waals surface area contributed by atoms with E-state index in [9.17, 15) is 9.59 Å². The number of nitrogens with zero attached hydrogens (tertiary/aromatic N) is 1. The van der Waals surface area contributed by atoms with Crippen LogP contribution in [-0.2, 0) is 16.1 Å². The van der Waals surface area contributed by atoms with Crippen LogP contribution in [0.2, 0.25) is 0 Å². The summed E-state index contributed by atoms with van der Waals surface area (Å²) in [5.74, 6) is -0.0586. The molecule has 0 saturated carbocycles. The van der Waals surface area contributed by atoms with E-state index in [1.165, 1.54) is 0 Å². The fourth-order valence-corrected chi connectivity index (χ4v) is 3.85. The van der Waals surface area contributed by atoms with Gasteiger partial charge in [-0.15, -0.1) is 0 Å². The number of benzene rings is 1. The zero-order chi connectivity index (χ0) is 17.1. The number of nitrogens with one attached hydrogen (secondary N) is 1. The number of carbonyl (C=O) groups is 2. The van der Waals surface area contributed by atoms with Crippen LogP contribution in [0.4, 0.5) is 4.79 Å². The van der Waals surface area contributed by atoms with Crippen molar-refractivity contribution in [3.8, 4) is 0 Å². The quantitative estimate of drug-likeness (QED) is 0.878. The molecule has 4 atom stereocenters. The lowest BCUT2D eigenvalue weighted by molar-refractivity contribution is -0.141. The topological polar surface area (TPSA) is 84.7 Å². The number of piperidine rings is 1. The lowest BCUT2D eigenvalue weighted by Gasteiger charge is -2.41. The van der Waals surface area contributed by atoms with Gasteiger partial charge in [0.1, 0.15) is 12.6 Å². The van der Waals surface area contributed by atoms with Gasteiger partial charge in [0.2, 0.25) is 5.91 Å². The van der Waals surface area contributed by atoms with Gasteiger partial charge in [0, 0.05) is 18.0 Å². The van der Waals surface area contributed by atoms with E-state index in [-0.39, 0.29) is 30.5 Å². The van der Waals surface area contributed by atoms with Gasteiger partial charge in [0.25, 0.3) is 0 Å². The molecule has 6 nitrogen and oxygen atoms in total. The Balaban J connectivity index is 1.61. The van der Waals surface area contributed by atoms with Crippen LogP contribution in [0.1, 0.15) is 31.7 Å². The third-order valence-corrected chi connectivity index (χ3v) is 5.14. The summed E-state index contributed by atoms with van der Waals surface area (Å²) in [6.45, 7) is 2.63. The molecule has 1 aromatic rings. The van der Waals surface area contributed by atoms with Crippen LogP contribution in [0.5, 0.6) is 0 Å². The summed E-state index contributed by atoms with van der Waals surface area (Å²) in [7, 11) is 0. The number of rotatable bonds is 4. The minimum absolute atomic E-state index is 0.0247. The van der Waals surface area contributed by atoms with E-state index in [1.54, 1.807) is 0 Å². The molecule has 2 amide bonds. The van der Waals surface area contributed by atoms with Crippen LogP contribution in [0.25, 0.3) is 0 Å². The fourth-order valence-electron chi connectivity index (χ4n) is 3.85. The zero-order valence-electron chi connectivity index (χ0n) is 14.0. The first-order valence-electron chi connectivity index (χ1n) is 8.59. The number of hydrogen-bond donors (Lipinski definition) is 2. The second-order valence-electron chi connectivity index (χ2n) is 6.74. The van der Waals surface area contributed by atoms with E-state index in [4.69, 9.17) is 10.5 Å². The van der Waals surface area contributed by atoms with Crippen LogP contribution in [-0.4, -0.2) is 41.6 Å².